The molecule has 0 spiro atoms. The molecule has 0 radical (unpaired) electrons. The van der Waals surface area contributed by atoms with E-state index in [0.717, 1.165) is 0 Å². The first kappa shape index (κ1) is 23.1. The zero-order valence-corrected chi connectivity index (χ0v) is 17.5. The molecule has 0 aliphatic carbocycles. The number of hydrogen-bond acceptors (Lipinski definition) is 4. The van der Waals surface area contributed by atoms with Gasteiger partial charge in [0.2, 0.25) is 5.91 Å². The Kier molecular flexibility index (Phi) is 8.46. The summed E-state index contributed by atoms with van der Waals surface area (Å²) in [6.45, 7) is 5.98. The van der Waals surface area contributed by atoms with Crippen molar-refractivity contribution in [2.24, 2.45) is 5.92 Å². The van der Waals surface area contributed by atoms with Crippen LogP contribution in [0.25, 0.3) is 0 Å². The molecule has 0 saturated carbocycles. The molecule has 1 rings (SSSR count). The number of ether oxygens (including phenoxy) is 2. The van der Waals surface area contributed by atoms with Crippen molar-refractivity contribution in [2.75, 3.05) is 5.32 Å². The van der Waals surface area contributed by atoms with Crippen molar-refractivity contribution < 1.29 is 27.8 Å². The van der Waals surface area contributed by atoms with E-state index >= 15 is 0 Å². The predicted molar refractivity (Wildman–Crippen MR) is 102 cm³/mol. The first-order valence-electron chi connectivity index (χ1n) is 8.42. The highest BCUT2D eigenvalue weighted by atomic mass is 79.9. The molecule has 9 heteroatoms. The van der Waals surface area contributed by atoms with Gasteiger partial charge in [0.25, 0.3) is 0 Å². The van der Waals surface area contributed by atoms with E-state index in [2.05, 4.69) is 31.3 Å². The normalized spacial score (nSPS) is 12.7. The number of alkyl carbamates (subject to hydrolysis) is 1. The van der Waals surface area contributed by atoms with Crippen LogP contribution in [0.15, 0.2) is 22.7 Å². The fourth-order valence-electron chi connectivity index (χ4n) is 2.15. The second-order valence-corrected chi connectivity index (χ2v) is 8.20. The van der Waals surface area contributed by atoms with Crippen LogP contribution in [0.1, 0.15) is 41.0 Å². The van der Waals surface area contributed by atoms with Gasteiger partial charge in [0.15, 0.2) is 0 Å². The van der Waals surface area contributed by atoms with Crippen molar-refractivity contribution in [3.05, 3.63) is 22.7 Å². The molecule has 0 aliphatic heterocycles. The molecular formula is C18H25BrF2N2O4. The summed E-state index contributed by atoms with van der Waals surface area (Å²) < 4.78 is 34.8. The molecule has 0 bridgehead atoms. The van der Waals surface area contributed by atoms with Crippen LogP contribution >= 0.6 is 15.9 Å². The molecule has 2 N–H and O–H groups in total. The summed E-state index contributed by atoms with van der Waals surface area (Å²) in [5.41, 5.74) is -0.436. The SMILES string of the molecule is CC(C)C[C@@H](NC(=O)OC(C)(C)C)C(=O)Nc1ccc(Br)c(OC(F)F)c1. The van der Waals surface area contributed by atoms with Gasteiger partial charge in [-0.1, -0.05) is 13.8 Å². The van der Waals surface area contributed by atoms with Crippen molar-refractivity contribution in [1.29, 1.82) is 0 Å². The van der Waals surface area contributed by atoms with Crippen molar-refractivity contribution in [2.45, 2.75) is 59.3 Å². The van der Waals surface area contributed by atoms with E-state index in [1.54, 1.807) is 20.8 Å². The number of anilines is 1. The third-order valence-electron chi connectivity index (χ3n) is 3.13. The molecule has 152 valence electrons. The van der Waals surface area contributed by atoms with Gasteiger partial charge in [0, 0.05) is 11.8 Å². The van der Waals surface area contributed by atoms with Gasteiger partial charge in [-0.15, -0.1) is 0 Å². The molecule has 6 nitrogen and oxygen atoms in total. The van der Waals surface area contributed by atoms with Crippen LogP contribution < -0.4 is 15.4 Å². The molecule has 0 unspecified atom stereocenters. The zero-order chi connectivity index (χ0) is 20.8. The average Bonchev–Trinajstić information content (AvgIpc) is 2.47. The van der Waals surface area contributed by atoms with Gasteiger partial charge in [-0.3, -0.25) is 4.79 Å². The summed E-state index contributed by atoms with van der Waals surface area (Å²) in [6, 6.07) is 3.43. The highest BCUT2D eigenvalue weighted by Crippen LogP contribution is 2.29. The van der Waals surface area contributed by atoms with Crippen LogP contribution in [-0.4, -0.2) is 30.3 Å². The van der Waals surface area contributed by atoms with Gasteiger partial charge in [0.1, 0.15) is 17.4 Å². The second kappa shape index (κ2) is 9.87. The molecule has 0 fully saturated rings. The Morgan fingerprint density at radius 1 is 1.22 bits per heavy atom. The number of carbonyl (C=O) groups excluding carboxylic acids is 2. The first-order chi connectivity index (χ1) is 12.4. The first-order valence-corrected chi connectivity index (χ1v) is 9.21. The van der Waals surface area contributed by atoms with Crippen molar-refractivity contribution in [3.63, 3.8) is 0 Å². The maximum atomic E-state index is 12.6. The van der Waals surface area contributed by atoms with E-state index in [1.807, 2.05) is 13.8 Å². The highest BCUT2D eigenvalue weighted by molar-refractivity contribution is 9.10. The van der Waals surface area contributed by atoms with Crippen LogP contribution in [0.3, 0.4) is 0 Å². The molecule has 2 amide bonds. The summed E-state index contributed by atoms with van der Waals surface area (Å²) >= 11 is 3.10. The lowest BCUT2D eigenvalue weighted by molar-refractivity contribution is -0.118. The maximum Gasteiger partial charge on any atom is 0.408 e. The fourth-order valence-corrected chi connectivity index (χ4v) is 2.49. The van der Waals surface area contributed by atoms with Gasteiger partial charge in [-0.25, -0.2) is 4.79 Å². The molecule has 1 aromatic rings. The molecule has 0 heterocycles. The second-order valence-electron chi connectivity index (χ2n) is 7.34. The third-order valence-corrected chi connectivity index (χ3v) is 3.78. The monoisotopic (exact) mass is 450 g/mol. The molecule has 1 atom stereocenters. The Morgan fingerprint density at radius 3 is 2.37 bits per heavy atom. The predicted octanol–water partition coefficient (Wildman–Crippen LogP) is 4.93. The standard InChI is InChI=1S/C18H25BrF2N2O4/c1-10(2)8-13(23-17(25)27-18(3,4)5)15(24)22-11-6-7-12(19)14(9-11)26-16(20)21/h6-7,9-10,13,16H,8H2,1-5H3,(H,22,24)(H,23,25)/t13-/m1/s1. The van der Waals surface area contributed by atoms with Gasteiger partial charge in [0.05, 0.1) is 4.47 Å². The molecular weight excluding hydrogens is 426 g/mol. The Bertz CT molecular complexity index is 663. The van der Waals surface area contributed by atoms with E-state index in [-0.39, 0.29) is 17.4 Å². The number of nitrogens with one attached hydrogen (secondary N) is 2. The lowest BCUT2D eigenvalue weighted by Crippen LogP contribution is -2.46. The third kappa shape index (κ3) is 9.03. The van der Waals surface area contributed by atoms with E-state index < -0.39 is 30.3 Å². The average molecular weight is 451 g/mol. The minimum atomic E-state index is -2.99. The van der Waals surface area contributed by atoms with E-state index in [1.165, 1.54) is 18.2 Å². The summed E-state index contributed by atoms with van der Waals surface area (Å²) in [4.78, 5) is 24.6. The van der Waals surface area contributed by atoms with Gasteiger partial charge in [-0.2, -0.15) is 8.78 Å². The number of halogens is 3. The lowest BCUT2D eigenvalue weighted by Gasteiger charge is -2.24. The Hall–Kier alpha value is -1.90. The minimum absolute atomic E-state index is 0.108. The molecule has 0 aliphatic rings. The van der Waals surface area contributed by atoms with E-state index in [4.69, 9.17) is 4.74 Å². The fraction of sp³-hybridized carbons (Fsp3) is 0.556. The number of hydrogen-bond donors (Lipinski definition) is 2. The summed E-state index contributed by atoms with van der Waals surface area (Å²) in [5.74, 6) is -0.471. The lowest BCUT2D eigenvalue weighted by atomic mass is 10.0. The summed E-state index contributed by atoms with van der Waals surface area (Å²) in [7, 11) is 0. The van der Waals surface area contributed by atoms with Gasteiger partial charge in [-0.05, 0) is 61.2 Å². The largest absolute Gasteiger partial charge is 0.444 e. The highest BCUT2D eigenvalue weighted by Gasteiger charge is 2.25. The molecule has 0 saturated heterocycles. The van der Waals surface area contributed by atoms with Crippen molar-refractivity contribution in [1.82, 2.24) is 5.32 Å². The molecule has 0 aromatic heterocycles. The Balaban J connectivity index is 2.88. The zero-order valence-electron chi connectivity index (χ0n) is 15.9. The Labute approximate surface area is 166 Å². The summed E-state index contributed by atoms with van der Waals surface area (Å²) in [6.07, 6.45) is -0.331. The number of benzene rings is 1. The van der Waals surface area contributed by atoms with Gasteiger partial charge < -0.3 is 20.1 Å². The smallest absolute Gasteiger partial charge is 0.408 e. The van der Waals surface area contributed by atoms with E-state index in [9.17, 15) is 18.4 Å². The van der Waals surface area contributed by atoms with Crippen molar-refractivity contribution in [3.8, 4) is 5.75 Å². The minimum Gasteiger partial charge on any atom is -0.444 e. The van der Waals surface area contributed by atoms with Crippen molar-refractivity contribution >= 4 is 33.6 Å². The van der Waals surface area contributed by atoms with Crippen LogP contribution in [0, 0.1) is 5.92 Å². The summed E-state index contributed by atoms with van der Waals surface area (Å²) in [5, 5.41) is 5.15. The van der Waals surface area contributed by atoms with E-state index in [0.29, 0.717) is 10.9 Å². The molecule has 27 heavy (non-hydrogen) atoms. The van der Waals surface area contributed by atoms with Gasteiger partial charge >= 0.3 is 12.7 Å². The number of carbonyl (C=O) groups is 2. The molecule has 1 aromatic carbocycles. The topological polar surface area (TPSA) is 76.7 Å². The van der Waals surface area contributed by atoms with Crippen LogP contribution in [0.4, 0.5) is 19.3 Å². The maximum absolute atomic E-state index is 12.6. The number of amides is 2. The quantitative estimate of drug-likeness (QED) is 0.617. The van der Waals surface area contributed by atoms with Crippen LogP contribution in [0.2, 0.25) is 0 Å². The van der Waals surface area contributed by atoms with Crippen LogP contribution in [-0.2, 0) is 9.53 Å². The van der Waals surface area contributed by atoms with Crippen LogP contribution in [0.5, 0.6) is 5.75 Å². The Morgan fingerprint density at radius 2 is 1.85 bits per heavy atom. The number of alkyl halides is 2. The number of rotatable bonds is 7.